The smallest absolute Gasteiger partial charge is 0.243 e. The van der Waals surface area contributed by atoms with Gasteiger partial charge in [-0.3, -0.25) is 0 Å². The van der Waals surface area contributed by atoms with E-state index in [1.165, 1.54) is 4.31 Å². The van der Waals surface area contributed by atoms with Gasteiger partial charge < -0.3 is 9.47 Å². The van der Waals surface area contributed by atoms with Crippen LogP contribution in [0.5, 0.6) is 5.75 Å². The maximum atomic E-state index is 12.7. The minimum Gasteiger partial charge on any atom is -0.493 e. The predicted molar refractivity (Wildman–Crippen MR) is 89.1 cm³/mol. The first-order valence-electron chi connectivity index (χ1n) is 7.48. The Hall–Kier alpha value is -0.630. The van der Waals surface area contributed by atoms with Gasteiger partial charge in [-0.1, -0.05) is 15.9 Å². The average molecular weight is 392 g/mol. The molecule has 1 heterocycles. The van der Waals surface area contributed by atoms with Crippen LogP contribution in [0.1, 0.15) is 19.8 Å². The molecule has 124 valence electrons. The SMILES string of the molecule is CCO[C@@H]1CCCN(S(=O)(=O)c2ccc(OCCBr)cc2)C1. The zero-order valence-corrected chi connectivity index (χ0v) is 15.1. The van der Waals surface area contributed by atoms with Crippen LogP contribution in [-0.2, 0) is 14.8 Å². The van der Waals surface area contributed by atoms with E-state index in [0.29, 0.717) is 36.9 Å². The molecular weight excluding hydrogens is 370 g/mol. The maximum absolute atomic E-state index is 12.7. The first-order chi connectivity index (χ1) is 10.6. The van der Waals surface area contributed by atoms with Gasteiger partial charge in [0.2, 0.25) is 10.0 Å². The molecular formula is C15H22BrNO4S. The van der Waals surface area contributed by atoms with E-state index in [9.17, 15) is 8.42 Å². The van der Waals surface area contributed by atoms with E-state index < -0.39 is 10.0 Å². The molecule has 0 aromatic heterocycles. The van der Waals surface area contributed by atoms with E-state index in [1.807, 2.05) is 6.92 Å². The Kier molecular flexibility index (Phi) is 6.67. The van der Waals surface area contributed by atoms with Crippen LogP contribution in [0.25, 0.3) is 0 Å². The van der Waals surface area contributed by atoms with Gasteiger partial charge in [-0.2, -0.15) is 4.31 Å². The summed E-state index contributed by atoms with van der Waals surface area (Å²) >= 11 is 3.28. The van der Waals surface area contributed by atoms with Gasteiger partial charge >= 0.3 is 0 Å². The minimum absolute atomic E-state index is 0.00457. The molecule has 1 aromatic carbocycles. The van der Waals surface area contributed by atoms with Gasteiger partial charge in [0, 0.05) is 25.0 Å². The number of rotatable bonds is 7. The van der Waals surface area contributed by atoms with E-state index in [-0.39, 0.29) is 6.10 Å². The highest BCUT2D eigenvalue weighted by Crippen LogP contribution is 2.23. The number of ether oxygens (including phenoxy) is 2. The van der Waals surface area contributed by atoms with E-state index in [0.717, 1.165) is 18.2 Å². The Labute approximate surface area is 140 Å². The zero-order valence-electron chi connectivity index (χ0n) is 12.7. The Morgan fingerprint density at radius 3 is 2.68 bits per heavy atom. The Bertz CT molecular complexity index is 559. The summed E-state index contributed by atoms with van der Waals surface area (Å²) in [4.78, 5) is 0.302. The number of nitrogens with zero attached hydrogens (tertiary/aromatic N) is 1. The molecule has 1 saturated heterocycles. The highest BCUT2D eigenvalue weighted by molar-refractivity contribution is 9.09. The van der Waals surface area contributed by atoms with Gasteiger partial charge in [0.1, 0.15) is 5.75 Å². The maximum Gasteiger partial charge on any atom is 0.243 e. The van der Waals surface area contributed by atoms with Crippen molar-refractivity contribution in [2.45, 2.75) is 30.8 Å². The first kappa shape index (κ1) is 17.7. The van der Waals surface area contributed by atoms with Crippen molar-refractivity contribution in [3.8, 4) is 5.75 Å². The van der Waals surface area contributed by atoms with Crippen LogP contribution in [0.2, 0.25) is 0 Å². The predicted octanol–water partition coefficient (Wildman–Crippen LogP) is 2.65. The molecule has 2 rings (SSSR count). The quantitative estimate of drug-likeness (QED) is 0.670. The van der Waals surface area contributed by atoms with Crippen molar-refractivity contribution in [1.82, 2.24) is 4.31 Å². The summed E-state index contributed by atoms with van der Waals surface area (Å²) in [6, 6.07) is 6.59. The van der Waals surface area contributed by atoms with Crippen molar-refractivity contribution < 1.29 is 17.9 Å². The van der Waals surface area contributed by atoms with Crippen LogP contribution in [0.4, 0.5) is 0 Å². The Morgan fingerprint density at radius 1 is 1.32 bits per heavy atom. The van der Waals surface area contributed by atoms with Crippen LogP contribution in [0.3, 0.4) is 0 Å². The second-order valence-corrected chi connectivity index (χ2v) is 7.82. The third kappa shape index (κ3) is 4.44. The third-order valence-electron chi connectivity index (χ3n) is 3.55. The molecule has 1 fully saturated rings. The molecule has 5 nitrogen and oxygen atoms in total. The summed E-state index contributed by atoms with van der Waals surface area (Å²) in [7, 11) is -3.46. The lowest BCUT2D eigenvalue weighted by molar-refractivity contribution is 0.0265. The van der Waals surface area contributed by atoms with Gasteiger partial charge in [-0.25, -0.2) is 8.42 Å². The van der Waals surface area contributed by atoms with Crippen LogP contribution in [0, 0.1) is 0 Å². The zero-order chi connectivity index (χ0) is 16.0. The Balaban J connectivity index is 2.08. The van der Waals surface area contributed by atoms with Crippen LogP contribution in [-0.4, -0.2) is 50.5 Å². The van der Waals surface area contributed by atoms with Crippen molar-refractivity contribution >= 4 is 26.0 Å². The second kappa shape index (κ2) is 8.29. The van der Waals surface area contributed by atoms with Crippen molar-refractivity contribution in [2.75, 3.05) is 31.6 Å². The normalized spacial score (nSPS) is 20.0. The summed E-state index contributed by atoms with van der Waals surface area (Å²) < 4.78 is 37.9. The fourth-order valence-corrected chi connectivity index (χ4v) is 4.18. The number of hydrogen-bond donors (Lipinski definition) is 0. The van der Waals surface area contributed by atoms with E-state index in [4.69, 9.17) is 9.47 Å². The molecule has 0 aliphatic carbocycles. The van der Waals surface area contributed by atoms with E-state index in [1.54, 1.807) is 24.3 Å². The van der Waals surface area contributed by atoms with Crippen molar-refractivity contribution in [3.63, 3.8) is 0 Å². The fraction of sp³-hybridized carbons (Fsp3) is 0.600. The topological polar surface area (TPSA) is 55.8 Å². The van der Waals surface area contributed by atoms with Crippen LogP contribution >= 0.6 is 15.9 Å². The lowest BCUT2D eigenvalue weighted by atomic mass is 10.1. The van der Waals surface area contributed by atoms with Gasteiger partial charge in [0.15, 0.2) is 0 Å². The standard InChI is InChI=1S/C15H22BrNO4S/c1-2-20-14-4-3-10-17(12-14)22(18,19)15-7-5-13(6-8-15)21-11-9-16/h5-8,14H,2-4,9-12H2,1H3/t14-/m1/s1. The van der Waals surface area contributed by atoms with Gasteiger partial charge in [0.25, 0.3) is 0 Å². The largest absolute Gasteiger partial charge is 0.493 e. The number of alkyl halides is 1. The summed E-state index contributed by atoms with van der Waals surface area (Å²) in [6.45, 7) is 4.07. The number of piperidine rings is 1. The van der Waals surface area contributed by atoms with E-state index >= 15 is 0 Å². The highest BCUT2D eigenvalue weighted by Gasteiger charge is 2.30. The van der Waals surface area contributed by atoms with Crippen LogP contribution < -0.4 is 4.74 Å². The second-order valence-electron chi connectivity index (χ2n) is 5.09. The van der Waals surface area contributed by atoms with Crippen molar-refractivity contribution in [1.29, 1.82) is 0 Å². The van der Waals surface area contributed by atoms with Crippen molar-refractivity contribution in [3.05, 3.63) is 24.3 Å². The molecule has 1 aliphatic rings. The molecule has 0 N–H and O–H groups in total. The summed E-state index contributed by atoms with van der Waals surface area (Å²) in [5, 5.41) is 0.736. The molecule has 22 heavy (non-hydrogen) atoms. The summed E-state index contributed by atoms with van der Waals surface area (Å²) in [6.07, 6.45) is 1.74. The summed E-state index contributed by atoms with van der Waals surface area (Å²) in [5.74, 6) is 0.671. The highest BCUT2D eigenvalue weighted by atomic mass is 79.9. The third-order valence-corrected chi connectivity index (χ3v) is 5.75. The first-order valence-corrected chi connectivity index (χ1v) is 10.0. The summed E-state index contributed by atoms with van der Waals surface area (Å²) in [5.41, 5.74) is 0. The van der Waals surface area contributed by atoms with Crippen LogP contribution in [0.15, 0.2) is 29.2 Å². The minimum atomic E-state index is -3.46. The molecule has 0 unspecified atom stereocenters. The molecule has 0 spiro atoms. The molecule has 0 amide bonds. The molecule has 1 aliphatic heterocycles. The lowest BCUT2D eigenvalue weighted by Gasteiger charge is -2.31. The lowest BCUT2D eigenvalue weighted by Crippen LogP contribution is -2.43. The van der Waals surface area contributed by atoms with Gasteiger partial charge in [0.05, 0.1) is 17.6 Å². The van der Waals surface area contributed by atoms with Gasteiger partial charge in [-0.15, -0.1) is 0 Å². The molecule has 1 aromatic rings. The number of hydrogen-bond acceptors (Lipinski definition) is 4. The monoisotopic (exact) mass is 391 g/mol. The number of sulfonamides is 1. The van der Waals surface area contributed by atoms with Gasteiger partial charge in [-0.05, 0) is 44.0 Å². The average Bonchev–Trinajstić information content (AvgIpc) is 2.54. The number of benzene rings is 1. The Morgan fingerprint density at radius 2 is 2.05 bits per heavy atom. The van der Waals surface area contributed by atoms with E-state index in [2.05, 4.69) is 15.9 Å². The molecule has 7 heteroatoms. The molecule has 0 bridgehead atoms. The fourth-order valence-electron chi connectivity index (χ4n) is 2.51. The molecule has 0 radical (unpaired) electrons. The van der Waals surface area contributed by atoms with Crippen molar-refractivity contribution in [2.24, 2.45) is 0 Å². The molecule has 0 saturated carbocycles. The molecule has 1 atom stereocenters. The number of halogens is 1.